The summed E-state index contributed by atoms with van der Waals surface area (Å²) >= 11 is 0. The van der Waals surface area contributed by atoms with Crippen LogP contribution in [0.4, 0.5) is 19.0 Å². The number of anilines is 1. The standard InChI is InChI=1S/C21H23F3N8O/c1-13-4-3-11-31(16(13)12-25-18-8-7-17(29-30-18)21(22,23)24)20(33)19-15(6-5-14(2)28-19)32-26-9-10-27-32/h5-10,13,16H,3-4,11-12H2,1-2H3,(H,25,30). The first-order valence-corrected chi connectivity index (χ1v) is 10.5. The first-order chi connectivity index (χ1) is 15.7. The molecule has 0 aromatic carbocycles. The first kappa shape index (κ1) is 22.6. The number of hydrogen-bond donors (Lipinski definition) is 1. The van der Waals surface area contributed by atoms with Crippen LogP contribution in [-0.2, 0) is 6.18 Å². The zero-order valence-electron chi connectivity index (χ0n) is 18.1. The lowest BCUT2D eigenvalue weighted by atomic mass is 9.90. The number of nitrogens with one attached hydrogen (secondary N) is 1. The fourth-order valence-electron chi connectivity index (χ4n) is 3.94. The van der Waals surface area contributed by atoms with Gasteiger partial charge in [0.2, 0.25) is 0 Å². The summed E-state index contributed by atoms with van der Waals surface area (Å²) in [4.78, 5) is 21.2. The van der Waals surface area contributed by atoms with Crippen molar-refractivity contribution in [3.63, 3.8) is 0 Å². The number of pyridine rings is 1. The highest BCUT2D eigenvalue weighted by Gasteiger charge is 2.35. The highest BCUT2D eigenvalue weighted by molar-refractivity contribution is 5.96. The highest BCUT2D eigenvalue weighted by atomic mass is 19.4. The number of halogens is 3. The van der Waals surface area contributed by atoms with E-state index in [2.05, 4.69) is 30.7 Å². The van der Waals surface area contributed by atoms with Gasteiger partial charge in [-0.05, 0) is 49.9 Å². The summed E-state index contributed by atoms with van der Waals surface area (Å²) in [6, 6.07) is 5.45. The Bertz CT molecular complexity index is 1100. The van der Waals surface area contributed by atoms with Crippen molar-refractivity contribution >= 4 is 11.7 Å². The number of carbonyl (C=O) groups excluding carboxylic acids is 1. The number of nitrogens with zero attached hydrogens (tertiary/aromatic N) is 7. The second-order valence-corrected chi connectivity index (χ2v) is 8.01. The van der Waals surface area contributed by atoms with E-state index in [1.807, 2.05) is 6.92 Å². The van der Waals surface area contributed by atoms with Crippen LogP contribution >= 0.6 is 0 Å². The third-order valence-corrected chi connectivity index (χ3v) is 5.67. The Labute approximate surface area is 188 Å². The molecule has 12 heteroatoms. The van der Waals surface area contributed by atoms with Gasteiger partial charge in [0.1, 0.15) is 11.5 Å². The lowest BCUT2D eigenvalue weighted by molar-refractivity contribution is -0.141. The Morgan fingerprint density at radius 3 is 2.58 bits per heavy atom. The fraction of sp³-hybridized carbons (Fsp3) is 0.429. The van der Waals surface area contributed by atoms with Crippen molar-refractivity contribution in [2.75, 3.05) is 18.4 Å². The Morgan fingerprint density at radius 1 is 1.15 bits per heavy atom. The fourth-order valence-corrected chi connectivity index (χ4v) is 3.94. The molecule has 0 spiro atoms. The van der Waals surface area contributed by atoms with Crippen molar-refractivity contribution < 1.29 is 18.0 Å². The number of piperidine rings is 1. The van der Waals surface area contributed by atoms with Gasteiger partial charge in [-0.3, -0.25) is 4.79 Å². The number of amides is 1. The van der Waals surface area contributed by atoms with Crippen molar-refractivity contribution in [3.8, 4) is 5.69 Å². The lowest BCUT2D eigenvalue weighted by Crippen LogP contribution is -2.51. The van der Waals surface area contributed by atoms with Gasteiger partial charge < -0.3 is 10.2 Å². The average Bonchev–Trinajstić information content (AvgIpc) is 3.32. The summed E-state index contributed by atoms with van der Waals surface area (Å²) < 4.78 is 38.2. The van der Waals surface area contributed by atoms with Crippen molar-refractivity contribution in [2.24, 2.45) is 5.92 Å². The minimum atomic E-state index is -4.55. The van der Waals surface area contributed by atoms with Gasteiger partial charge in [-0.2, -0.15) is 23.4 Å². The molecule has 4 heterocycles. The molecule has 1 saturated heterocycles. The molecule has 9 nitrogen and oxygen atoms in total. The van der Waals surface area contributed by atoms with Crippen molar-refractivity contribution in [1.82, 2.24) is 35.1 Å². The van der Waals surface area contributed by atoms with E-state index in [-0.39, 0.29) is 29.4 Å². The second-order valence-electron chi connectivity index (χ2n) is 8.01. The molecule has 0 radical (unpaired) electrons. The lowest BCUT2D eigenvalue weighted by Gasteiger charge is -2.40. The van der Waals surface area contributed by atoms with Crippen LogP contribution in [0.15, 0.2) is 36.7 Å². The summed E-state index contributed by atoms with van der Waals surface area (Å²) in [7, 11) is 0. The molecule has 0 bridgehead atoms. The number of hydrogen-bond acceptors (Lipinski definition) is 7. The Balaban J connectivity index is 1.55. The number of alkyl halides is 3. The van der Waals surface area contributed by atoms with Gasteiger partial charge >= 0.3 is 6.18 Å². The van der Waals surface area contributed by atoms with E-state index in [1.165, 1.54) is 23.3 Å². The van der Waals surface area contributed by atoms with E-state index in [1.54, 1.807) is 24.0 Å². The number of aryl methyl sites for hydroxylation is 1. The molecule has 174 valence electrons. The predicted molar refractivity (Wildman–Crippen MR) is 113 cm³/mol. The molecule has 1 aliphatic heterocycles. The van der Waals surface area contributed by atoms with E-state index in [0.29, 0.717) is 24.5 Å². The van der Waals surface area contributed by atoms with Crippen LogP contribution in [0.25, 0.3) is 5.69 Å². The molecule has 33 heavy (non-hydrogen) atoms. The van der Waals surface area contributed by atoms with Gasteiger partial charge in [0.25, 0.3) is 5.91 Å². The van der Waals surface area contributed by atoms with Gasteiger partial charge in [-0.15, -0.1) is 15.0 Å². The maximum Gasteiger partial charge on any atom is 0.435 e. The molecular weight excluding hydrogens is 437 g/mol. The number of rotatable bonds is 5. The molecule has 0 aliphatic carbocycles. The van der Waals surface area contributed by atoms with Gasteiger partial charge in [0.05, 0.1) is 18.4 Å². The smallest absolute Gasteiger partial charge is 0.367 e. The molecule has 1 amide bonds. The Kier molecular flexibility index (Phi) is 6.25. The van der Waals surface area contributed by atoms with Gasteiger partial charge in [0.15, 0.2) is 11.4 Å². The van der Waals surface area contributed by atoms with Gasteiger partial charge in [-0.25, -0.2) is 4.98 Å². The third-order valence-electron chi connectivity index (χ3n) is 5.67. The Morgan fingerprint density at radius 2 is 1.91 bits per heavy atom. The summed E-state index contributed by atoms with van der Waals surface area (Å²) in [5, 5.41) is 18.1. The molecule has 1 N–H and O–H groups in total. The van der Waals surface area contributed by atoms with Crippen molar-refractivity contribution in [3.05, 3.63) is 53.7 Å². The number of aromatic nitrogens is 6. The summed E-state index contributed by atoms with van der Waals surface area (Å²) in [5.74, 6) is 0.125. The topological polar surface area (TPSA) is 102 Å². The van der Waals surface area contributed by atoms with Crippen molar-refractivity contribution in [2.45, 2.75) is 38.9 Å². The van der Waals surface area contributed by atoms with Crippen LogP contribution < -0.4 is 5.32 Å². The zero-order chi connectivity index (χ0) is 23.6. The van der Waals surface area contributed by atoms with Crippen molar-refractivity contribution in [1.29, 1.82) is 0 Å². The quantitative estimate of drug-likeness (QED) is 0.624. The monoisotopic (exact) mass is 460 g/mol. The van der Waals surface area contributed by atoms with E-state index < -0.39 is 11.9 Å². The summed E-state index contributed by atoms with van der Waals surface area (Å²) in [6.45, 7) is 4.70. The van der Waals surface area contributed by atoms with Crippen LogP contribution in [0.2, 0.25) is 0 Å². The minimum absolute atomic E-state index is 0.161. The number of likely N-dealkylation sites (tertiary alicyclic amines) is 1. The maximum absolute atomic E-state index is 13.6. The molecule has 1 fully saturated rings. The highest BCUT2D eigenvalue weighted by Crippen LogP contribution is 2.28. The molecule has 2 unspecified atom stereocenters. The van der Waals surface area contributed by atoms with Gasteiger partial charge in [0, 0.05) is 18.8 Å². The first-order valence-electron chi connectivity index (χ1n) is 10.5. The van der Waals surface area contributed by atoms with Crippen LogP contribution in [0, 0.1) is 12.8 Å². The molecule has 2 atom stereocenters. The molecular formula is C21H23F3N8O. The third kappa shape index (κ3) is 4.94. The Hall–Kier alpha value is -3.57. The number of carbonyl (C=O) groups is 1. The molecule has 4 rings (SSSR count). The summed E-state index contributed by atoms with van der Waals surface area (Å²) in [6.07, 6.45) is 0.257. The van der Waals surface area contributed by atoms with E-state index in [4.69, 9.17) is 0 Å². The summed E-state index contributed by atoms with van der Waals surface area (Å²) in [5.41, 5.74) is 0.365. The van der Waals surface area contributed by atoms with Crippen LogP contribution in [0.5, 0.6) is 0 Å². The minimum Gasteiger partial charge on any atom is -0.367 e. The molecule has 0 saturated carbocycles. The van der Waals surface area contributed by atoms with E-state index >= 15 is 0 Å². The normalized spacial score (nSPS) is 18.9. The van der Waals surface area contributed by atoms with Crippen LogP contribution in [-0.4, -0.2) is 60.1 Å². The molecule has 1 aliphatic rings. The maximum atomic E-state index is 13.6. The van der Waals surface area contributed by atoms with Crippen LogP contribution in [0.3, 0.4) is 0 Å². The SMILES string of the molecule is Cc1ccc(-n2nccn2)c(C(=O)N2CCCC(C)C2CNc2ccc(C(F)(F)F)nn2)n1. The predicted octanol–water partition coefficient (Wildman–Crippen LogP) is 3.13. The largest absolute Gasteiger partial charge is 0.435 e. The second kappa shape index (κ2) is 9.12. The van der Waals surface area contributed by atoms with Gasteiger partial charge in [-0.1, -0.05) is 6.92 Å². The zero-order valence-corrected chi connectivity index (χ0v) is 18.1. The molecule has 3 aromatic rings. The van der Waals surface area contributed by atoms with Crippen LogP contribution in [0.1, 0.15) is 41.6 Å². The van der Waals surface area contributed by atoms with E-state index in [0.717, 1.165) is 18.9 Å². The van der Waals surface area contributed by atoms with E-state index in [9.17, 15) is 18.0 Å². The average molecular weight is 460 g/mol. The molecule has 3 aromatic heterocycles.